The molecule has 0 aliphatic heterocycles. The monoisotopic (exact) mass is 436 g/mol. The van der Waals surface area contributed by atoms with Crippen LogP contribution in [0.25, 0.3) is 0 Å². The van der Waals surface area contributed by atoms with Crippen LogP contribution in [-0.2, 0) is 21.9 Å². The summed E-state index contributed by atoms with van der Waals surface area (Å²) in [6.07, 6.45) is 0.822. The highest BCUT2D eigenvalue weighted by atomic mass is 35.5. The molecular weight excluding hydrogens is 411 g/mol. The molecule has 1 N–H and O–H groups in total. The van der Waals surface area contributed by atoms with Crippen molar-refractivity contribution in [3.05, 3.63) is 70.5 Å². The second-order valence-electron chi connectivity index (χ2n) is 6.70. The van der Waals surface area contributed by atoms with Crippen LogP contribution in [-0.4, -0.2) is 35.1 Å². The largest absolute Gasteiger partial charge is 0.354 e. The Balaban J connectivity index is 2.05. The van der Waals surface area contributed by atoms with Crippen molar-refractivity contribution in [3.63, 3.8) is 0 Å². The van der Waals surface area contributed by atoms with Crippen molar-refractivity contribution >= 4 is 35.2 Å². The standard InChI is InChI=1S/C22H26ClFN2O2S/c1-3-12-25-22(28)16(2)26(13-17-8-10-19(23)11-9-17)21(27)15-29-14-18-6-4-5-7-20(18)24/h4-11,16H,3,12-15H2,1-2H3,(H,25,28)/t16-/m0/s1. The Morgan fingerprint density at radius 2 is 1.86 bits per heavy atom. The first-order valence-corrected chi connectivity index (χ1v) is 11.1. The number of hydrogen-bond acceptors (Lipinski definition) is 3. The van der Waals surface area contributed by atoms with Crippen LogP contribution in [0.5, 0.6) is 0 Å². The summed E-state index contributed by atoms with van der Waals surface area (Å²) in [7, 11) is 0. The van der Waals surface area contributed by atoms with E-state index in [1.165, 1.54) is 17.8 Å². The van der Waals surface area contributed by atoms with Gasteiger partial charge in [-0.2, -0.15) is 0 Å². The molecule has 0 heterocycles. The summed E-state index contributed by atoms with van der Waals surface area (Å²) in [5.41, 5.74) is 1.44. The molecule has 7 heteroatoms. The van der Waals surface area contributed by atoms with Gasteiger partial charge in [0.15, 0.2) is 0 Å². The minimum absolute atomic E-state index is 0.160. The van der Waals surface area contributed by atoms with Crippen LogP contribution in [0.3, 0.4) is 0 Å². The Bertz CT molecular complexity index is 817. The second kappa shape index (κ2) is 11.8. The smallest absolute Gasteiger partial charge is 0.242 e. The molecule has 0 unspecified atom stereocenters. The lowest BCUT2D eigenvalue weighted by atomic mass is 10.1. The number of hydrogen-bond donors (Lipinski definition) is 1. The molecule has 2 aromatic rings. The van der Waals surface area contributed by atoms with Gasteiger partial charge in [-0.3, -0.25) is 9.59 Å². The maximum Gasteiger partial charge on any atom is 0.242 e. The zero-order chi connectivity index (χ0) is 21.2. The van der Waals surface area contributed by atoms with Crippen LogP contribution in [0.2, 0.25) is 5.02 Å². The molecule has 0 aromatic heterocycles. The second-order valence-corrected chi connectivity index (χ2v) is 8.12. The molecule has 2 rings (SSSR count). The van der Waals surface area contributed by atoms with Crippen molar-refractivity contribution in [1.82, 2.24) is 10.2 Å². The summed E-state index contributed by atoms with van der Waals surface area (Å²) >= 11 is 7.27. The van der Waals surface area contributed by atoms with Gasteiger partial charge in [0.1, 0.15) is 11.9 Å². The molecule has 0 aliphatic rings. The van der Waals surface area contributed by atoms with E-state index in [9.17, 15) is 14.0 Å². The van der Waals surface area contributed by atoms with Crippen molar-refractivity contribution in [2.75, 3.05) is 12.3 Å². The molecule has 4 nitrogen and oxygen atoms in total. The fourth-order valence-corrected chi connectivity index (χ4v) is 3.73. The minimum atomic E-state index is -0.612. The summed E-state index contributed by atoms with van der Waals surface area (Å²) < 4.78 is 13.8. The summed E-state index contributed by atoms with van der Waals surface area (Å²) in [5, 5.41) is 3.45. The van der Waals surface area contributed by atoms with Crippen LogP contribution >= 0.6 is 23.4 Å². The van der Waals surface area contributed by atoms with Crippen LogP contribution in [0.1, 0.15) is 31.4 Å². The van der Waals surface area contributed by atoms with Crippen LogP contribution in [0, 0.1) is 5.82 Å². The lowest BCUT2D eigenvalue weighted by molar-refractivity contribution is -0.138. The Labute approximate surface area is 180 Å². The van der Waals surface area contributed by atoms with E-state index < -0.39 is 6.04 Å². The molecule has 0 bridgehead atoms. The Morgan fingerprint density at radius 3 is 2.52 bits per heavy atom. The van der Waals surface area contributed by atoms with Gasteiger partial charge in [0.2, 0.25) is 11.8 Å². The van der Waals surface area contributed by atoms with Gasteiger partial charge in [-0.05, 0) is 42.7 Å². The molecule has 0 radical (unpaired) electrons. The number of carbonyl (C=O) groups excluding carboxylic acids is 2. The maximum absolute atomic E-state index is 13.8. The fourth-order valence-electron chi connectivity index (χ4n) is 2.71. The molecule has 0 spiro atoms. The van der Waals surface area contributed by atoms with Gasteiger partial charge in [0, 0.05) is 23.9 Å². The average Bonchev–Trinajstić information content (AvgIpc) is 2.72. The van der Waals surface area contributed by atoms with E-state index in [4.69, 9.17) is 11.6 Å². The summed E-state index contributed by atoms with van der Waals surface area (Å²) in [6.45, 7) is 4.56. The molecule has 29 heavy (non-hydrogen) atoms. The number of benzene rings is 2. The third kappa shape index (κ3) is 7.37. The van der Waals surface area contributed by atoms with Gasteiger partial charge in [0.05, 0.1) is 5.75 Å². The number of carbonyl (C=O) groups is 2. The molecular formula is C22H26ClFN2O2S. The van der Waals surface area contributed by atoms with E-state index >= 15 is 0 Å². The predicted molar refractivity (Wildman–Crippen MR) is 117 cm³/mol. The number of nitrogens with one attached hydrogen (secondary N) is 1. The first kappa shape index (κ1) is 23.2. The predicted octanol–water partition coefficient (Wildman–Crippen LogP) is 4.66. The molecule has 0 saturated heterocycles. The number of amides is 2. The van der Waals surface area contributed by atoms with Gasteiger partial charge in [-0.25, -0.2) is 4.39 Å². The zero-order valence-electron chi connectivity index (χ0n) is 16.7. The highest BCUT2D eigenvalue weighted by Crippen LogP contribution is 2.18. The quantitative estimate of drug-likeness (QED) is 0.589. The summed E-state index contributed by atoms with van der Waals surface area (Å²) in [5.74, 6) is -0.0804. The minimum Gasteiger partial charge on any atom is -0.354 e. The number of thioether (sulfide) groups is 1. The molecule has 0 fully saturated rings. The van der Waals surface area contributed by atoms with Crippen LogP contribution in [0.4, 0.5) is 4.39 Å². The summed E-state index contributed by atoms with van der Waals surface area (Å²) in [4.78, 5) is 26.9. The third-order valence-electron chi connectivity index (χ3n) is 4.42. The van der Waals surface area contributed by atoms with Crippen molar-refractivity contribution < 1.29 is 14.0 Å². The molecule has 156 valence electrons. The van der Waals surface area contributed by atoms with Gasteiger partial charge >= 0.3 is 0 Å². The van der Waals surface area contributed by atoms with Crippen molar-refractivity contribution in [2.45, 2.75) is 38.6 Å². The first-order chi connectivity index (χ1) is 13.9. The fraction of sp³-hybridized carbons (Fsp3) is 0.364. The normalized spacial score (nSPS) is 11.7. The van der Waals surface area contributed by atoms with Crippen LogP contribution in [0.15, 0.2) is 48.5 Å². The molecule has 1 atom stereocenters. The van der Waals surface area contributed by atoms with Gasteiger partial charge in [-0.1, -0.05) is 48.9 Å². The Morgan fingerprint density at radius 1 is 1.17 bits per heavy atom. The van der Waals surface area contributed by atoms with Crippen molar-refractivity contribution in [1.29, 1.82) is 0 Å². The molecule has 2 amide bonds. The van der Waals surface area contributed by atoms with E-state index in [1.54, 1.807) is 42.2 Å². The van der Waals surface area contributed by atoms with Crippen LogP contribution < -0.4 is 5.32 Å². The number of rotatable bonds is 10. The third-order valence-corrected chi connectivity index (χ3v) is 5.64. The van der Waals surface area contributed by atoms with E-state index in [0.717, 1.165) is 12.0 Å². The van der Waals surface area contributed by atoms with E-state index in [2.05, 4.69) is 5.32 Å². The van der Waals surface area contributed by atoms with Crippen molar-refractivity contribution in [3.8, 4) is 0 Å². The first-order valence-electron chi connectivity index (χ1n) is 9.55. The lowest BCUT2D eigenvalue weighted by Gasteiger charge is -2.28. The highest BCUT2D eigenvalue weighted by molar-refractivity contribution is 7.99. The van der Waals surface area contributed by atoms with E-state index in [1.807, 2.05) is 19.1 Å². The zero-order valence-corrected chi connectivity index (χ0v) is 18.2. The van der Waals surface area contributed by atoms with E-state index in [-0.39, 0.29) is 23.4 Å². The maximum atomic E-state index is 13.8. The SMILES string of the molecule is CCCNC(=O)[C@H](C)N(Cc1ccc(Cl)cc1)C(=O)CSCc1ccccc1F. The van der Waals surface area contributed by atoms with Crippen molar-refractivity contribution in [2.24, 2.45) is 0 Å². The average molecular weight is 437 g/mol. The Kier molecular flexibility index (Phi) is 9.48. The van der Waals surface area contributed by atoms with E-state index in [0.29, 0.717) is 29.4 Å². The number of nitrogens with zero attached hydrogens (tertiary/aromatic N) is 1. The lowest BCUT2D eigenvalue weighted by Crippen LogP contribution is -2.48. The molecule has 0 aliphatic carbocycles. The van der Waals surface area contributed by atoms with Gasteiger partial charge < -0.3 is 10.2 Å². The Hall–Kier alpha value is -2.05. The van der Waals surface area contributed by atoms with Gasteiger partial charge in [-0.15, -0.1) is 11.8 Å². The molecule has 2 aromatic carbocycles. The number of halogens is 2. The summed E-state index contributed by atoms with van der Waals surface area (Å²) in [6, 6.07) is 13.1. The topological polar surface area (TPSA) is 49.4 Å². The van der Waals surface area contributed by atoms with Gasteiger partial charge in [0.25, 0.3) is 0 Å². The molecule has 0 saturated carbocycles. The highest BCUT2D eigenvalue weighted by Gasteiger charge is 2.25.